The number of esters is 1. The molecule has 0 fully saturated rings. The minimum Gasteiger partial charge on any atom is -0.468 e. The second kappa shape index (κ2) is 5.58. The average molecular weight is 269 g/mol. The second-order valence-electron chi connectivity index (χ2n) is 3.37. The molecule has 0 saturated heterocycles. The van der Waals surface area contributed by atoms with Crippen molar-refractivity contribution < 1.29 is 9.53 Å². The third-order valence-corrected chi connectivity index (χ3v) is 3.00. The molecule has 9 nitrogen and oxygen atoms in total. The highest BCUT2D eigenvalue weighted by atomic mass is 32.2. The number of carbonyl (C=O) groups is 1. The lowest BCUT2D eigenvalue weighted by molar-refractivity contribution is -0.141. The van der Waals surface area contributed by atoms with Crippen molar-refractivity contribution in [1.29, 1.82) is 0 Å². The van der Waals surface area contributed by atoms with Crippen LogP contribution in [-0.4, -0.2) is 48.3 Å². The molecule has 0 N–H and O–H groups in total. The smallest absolute Gasteiger partial charge is 0.327 e. The van der Waals surface area contributed by atoms with Gasteiger partial charge in [0.25, 0.3) is 0 Å². The van der Waals surface area contributed by atoms with Crippen LogP contribution in [-0.2, 0) is 28.9 Å². The van der Waals surface area contributed by atoms with Gasteiger partial charge in [0, 0.05) is 19.0 Å². The summed E-state index contributed by atoms with van der Waals surface area (Å²) in [5, 5.41) is 19.4. The number of rotatable bonds is 5. The van der Waals surface area contributed by atoms with Crippen molar-refractivity contribution in [3.63, 3.8) is 0 Å². The van der Waals surface area contributed by atoms with Gasteiger partial charge < -0.3 is 4.74 Å². The van der Waals surface area contributed by atoms with Crippen LogP contribution in [0.4, 0.5) is 0 Å². The van der Waals surface area contributed by atoms with Crippen LogP contribution in [0.15, 0.2) is 11.4 Å². The van der Waals surface area contributed by atoms with E-state index in [9.17, 15) is 4.79 Å². The van der Waals surface area contributed by atoms with E-state index in [1.54, 1.807) is 17.9 Å². The number of carbonyl (C=O) groups excluding carboxylic acids is 1. The molecular formula is C8H11N7O2S. The molecule has 2 aromatic rings. The fourth-order valence-electron chi connectivity index (χ4n) is 1.19. The minimum absolute atomic E-state index is 0.00764. The first kappa shape index (κ1) is 12.5. The van der Waals surface area contributed by atoms with E-state index in [2.05, 4.69) is 30.6 Å². The predicted molar refractivity (Wildman–Crippen MR) is 60.4 cm³/mol. The van der Waals surface area contributed by atoms with E-state index in [0.29, 0.717) is 10.9 Å². The van der Waals surface area contributed by atoms with E-state index < -0.39 is 5.97 Å². The Labute approximate surface area is 106 Å². The monoisotopic (exact) mass is 269 g/mol. The number of tetrazole rings is 1. The van der Waals surface area contributed by atoms with Crippen molar-refractivity contribution in [3.8, 4) is 0 Å². The Morgan fingerprint density at radius 1 is 1.44 bits per heavy atom. The molecule has 2 heterocycles. The summed E-state index contributed by atoms with van der Waals surface area (Å²) in [5.41, 5.74) is 0.815. The second-order valence-corrected chi connectivity index (χ2v) is 4.31. The number of ether oxygens (including phenoxy) is 1. The highest BCUT2D eigenvalue weighted by Crippen LogP contribution is 2.18. The summed E-state index contributed by atoms with van der Waals surface area (Å²) in [6.45, 7) is -0.00764. The Bertz CT molecular complexity index is 537. The number of aromatic nitrogens is 7. The van der Waals surface area contributed by atoms with E-state index in [1.165, 1.54) is 23.6 Å². The third kappa shape index (κ3) is 3.03. The molecule has 2 rings (SSSR count). The van der Waals surface area contributed by atoms with Gasteiger partial charge in [-0.3, -0.25) is 9.48 Å². The molecule has 96 valence electrons. The molecule has 0 radical (unpaired) electrons. The molecule has 0 amide bonds. The normalized spacial score (nSPS) is 10.6. The number of methoxy groups -OCH3 is 1. The SMILES string of the molecule is COC(=O)Cn1nnnc1SCc1cn(C)nn1. The van der Waals surface area contributed by atoms with Crippen molar-refractivity contribution >= 4 is 17.7 Å². The third-order valence-electron chi connectivity index (χ3n) is 2.00. The van der Waals surface area contributed by atoms with Crippen LogP contribution in [0, 0.1) is 0 Å². The number of hydrogen-bond acceptors (Lipinski definition) is 8. The van der Waals surface area contributed by atoms with Gasteiger partial charge in [0.2, 0.25) is 5.16 Å². The molecule has 2 aromatic heterocycles. The Morgan fingerprint density at radius 3 is 2.94 bits per heavy atom. The number of thioether (sulfide) groups is 1. The van der Waals surface area contributed by atoms with Crippen molar-refractivity contribution in [2.75, 3.05) is 7.11 Å². The maximum Gasteiger partial charge on any atom is 0.327 e. The molecule has 0 spiro atoms. The molecule has 10 heteroatoms. The average Bonchev–Trinajstić information content (AvgIpc) is 2.96. The van der Waals surface area contributed by atoms with Crippen molar-refractivity contribution in [3.05, 3.63) is 11.9 Å². The van der Waals surface area contributed by atoms with Gasteiger partial charge in [0.1, 0.15) is 6.54 Å². The van der Waals surface area contributed by atoms with Crippen LogP contribution in [0.5, 0.6) is 0 Å². The largest absolute Gasteiger partial charge is 0.468 e. The molecule has 0 atom stereocenters. The fourth-order valence-corrected chi connectivity index (χ4v) is 1.94. The molecule has 0 aliphatic carbocycles. The standard InChI is InChI=1S/C8H11N7O2S/c1-14-3-6(9-12-14)5-18-8-10-11-13-15(8)4-7(16)17-2/h3H,4-5H2,1-2H3. The molecule has 0 saturated carbocycles. The molecule has 0 bridgehead atoms. The van der Waals surface area contributed by atoms with Crippen LogP contribution in [0.2, 0.25) is 0 Å². The lowest BCUT2D eigenvalue weighted by atomic mass is 10.6. The predicted octanol–water partition coefficient (Wildman–Crippen LogP) is -0.733. The van der Waals surface area contributed by atoms with E-state index in [0.717, 1.165) is 5.69 Å². The van der Waals surface area contributed by atoms with E-state index in [1.807, 2.05) is 0 Å². The number of nitrogens with zero attached hydrogens (tertiary/aromatic N) is 7. The Morgan fingerprint density at radius 2 is 2.28 bits per heavy atom. The Kier molecular flexibility index (Phi) is 3.87. The zero-order chi connectivity index (χ0) is 13.0. The molecular weight excluding hydrogens is 258 g/mol. The summed E-state index contributed by atoms with van der Waals surface area (Å²) in [4.78, 5) is 11.1. The maximum absolute atomic E-state index is 11.1. The number of aryl methyl sites for hydroxylation is 1. The van der Waals surface area contributed by atoms with Crippen LogP contribution >= 0.6 is 11.8 Å². The quantitative estimate of drug-likeness (QED) is 0.517. The van der Waals surface area contributed by atoms with E-state index in [-0.39, 0.29) is 6.54 Å². The topological polar surface area (TPSA) is 101 Å². The summed E-state index contributed by atoms with van der Waals surface area (Å²) >= 11 is 1.38. The van der Waals surface area contributed by atoms with Gasteiger partial charge >= 0.3 is 5.97 Å². The van der Waals surface area contributed by atoms with Gasteiger partial charge in [0.15, 0.2) is 0 Å². The summed E-state index contributed by atoms with van der Waals surface area (Å²) < 4.78 is 7.55. The van der Waals surface area contributed by atoms with Gasteiger partial charge in [-0.2, -0.15) is 0 Å². The zero-order valence-electron chi connectivity index (χ0n) is 9.85. The summed E-state index contributed by atoms with van der Waals surface area (Å²) in [7, 11) is 3.11. The first-order valence-corrected chi connectivity index (χ1v) is 5.98. The molecule has 0 aliphatic heterocycles. The van der Waals surface area contributed by atoms with Gasteiger partial charge in [-0.1, -0.05) is 17.0 Å². The lowest BCUT2D eigenvalue weighted by Gasteiger charge is -2.01. The molecule has 0 aromatic carbocycles. The first-order chi connectivity index (χ1) is 8.69. The van der Waals surface area contributed by atoms with Gasteiger partial charge in [-0.25, -0.2) is 4.68 Å². The fraction of sp³-hybridized carbons (Fsp3) is 0.500. The molecule has 0 unspecified atom stereocenters. The molecule has 0 aliphatic rings. The zero-order valence-corrected chi connectivity index (χ0v) is 10.7. The van der Waals surface area contributed by atoms with E-state index in [4.69, 9.17) is 0 Å². The summed E-state index contributed by atoms with van der Waals surface area (Å²) in [6, 6.07) is 0. The van der Waals surface area contributed by atoms with Crippen LogP contribution in [0.25, 0.3) is 0 Å². The summed E-state index contributed by atoms with van der Waals surface area (Å²) in [6.07, 6.45) is 1.81. The van der Waals surface area contributed by atoms with Crippen LogP contribution in [0.1, 0.15) is 5.69 Å². The highest BCUT2D eigenvalue weighted by Gasteiger charge is 2.11. The lowest BCUT2D eigenvalue weighted by Crippen LogP contribution is -2.13. The van der Waals surface area contributed by atoms with Crippen LogP contribution < -0.4 is 0 Å². The van der Waals surface area contributed by atoms with Gasteiger partial charge in [-0.15, -0.1) is 10.2 Å². The van der Waals surface area contributed by atoms with Crippen molar-refractivity contribution in [1.82, 2.24) is 35.2 Å². The van der Waals surface area contributed by atoms with Crippen LogP contribution in [0.3, 0.4) is 0 Å². The number of hydrogen-bond donors (Lipinski definition) is 0. The molecule has 18 heavy (non-hydrogen) atoms. The van der Waals surface area contributed by atoms with Gasteiger partial charge in [-0.05, 0) is 10.4 Å². The van der Waals surface area contributed by atoms with Crippen molar-refractivity contribution in [2.45, 2.75) is 17.5 Å². The van der Waals surface area contributed by atoms with Crippen molar-refractivity contribution in [2.24, 2.45) is 7.05 Å². The van der Waals surface area contributed by atoms with E-state index >= 15 is 0 Å². The Hall–Kier alpha value is -1.97. The summed E-state index contributed by atoms with van der Waals surface area (Å²) in [5.74, 6) is 0.179. The minimum atomic E-state index is -0.399. The van der Waals surface area contributed by atoms with Gasteiger partial charge in [0.05, 0.1) is 12.8 Å². The Balaban J connectivity index is 1.97. The maximum atomic E-state index is 11.1. The highest BCUT2D eigenvalue weighted by molar-refractivity contribution is 7.98. The first-order valence-electron chi connectivity index (χ1n) is 5.00.